The highest BCUT2D eigenvalue weighted by atomic mass is 16.5. The first-order valence-corrected chi connectivity index (χ1v) is 4.48. The molecule has 0 radical (unpaired) electrons. The third kappa shape index (κ3) is 9.50. The van der Waals surface area contributed by atoms with E-state index >= 15 is 0 Å². The standard InChI is InChI=1S/C10H21NO/c1-5-6-11-7-8-12-9-10(2,3)4/h5-6,11H,7-9H2,1-4H3/b6-5-. The van der Waals surface area contributed by atoms with Crippen LogP contribution in [-0.2, 0) is 4.74 Å². The summed E-state index contributed by atoms with van der Waals surface area (Å²) in [4.78, 5) is 0. The SMILES string of the molecule is C/C=C\NCCOCC(C)(C)C. The van der Waals surface area contributed by atoms with Crippen LogP contribution in [-0.4, -0.2) is 19.8 Å². The second-order valence-corrected chi connectivity index (χ2v) is 4.07. The molecule has 0 saturated carbocycles. The van der Waals surface area contributed by atoms with Gasteiger partial charge in [0.1, 0.15) is 0 Å². The van der Waals surface area contributed by atoms with Gasteiger partial charge in [0.25, 0.3) is 0 Å². The number of hydrogen-bond acceptors (Lipinski definition) is 2. The van der Waals surface area contributed by atoms with Gasteiger partial charge in [-0.2, -0.15) is 0 Å². The van der Waals surface area contributed by atoms with Gasteiger partial charge in [-0.05, 0) is 18.5 Å². The molecule has 0 amide bonds. The fourth-order valence-corrected chi connectivity index (χ4v) is 0.711. The highest BCUT2D eigenvalue weighted by molar-refractivity contribution is 4.73. The third-order valence-electron chi connectivity index (χ3n) is 1.21. The lowest BCUT2D eigenvalue weighted by Crippen LogP contribution is -2.19. The zero-order valence-electron chi connectivity index (χ0n) is 8.68. The third-order valence-corrected chi connectivity index (χ3v) is 1.21. The minimum absolute atomic E-state index is 0.278. The highest BCUT2D eigenvalue weighted by Gasteiger charge is 2.08. The predicted octanol–water partition coefficient (Wildman–Crippen LogP) is 2.17. The second-order valence-electron chi connectivity index (χ2n) is 4.07. The maximum absolute atomic E-state index is 5.45. The molecule has 72 valence electrons. The van der Waals surface area contributed by atoms with E-state index in [-0.39, 0.29) is 5.41 Å². The maximum atomic E-state index is 5.45. The van der Waals surface area contributed by atoms with Gasteiger partial charge >= 0.3 is 0 Å². The van der Waals surface area contributed by atoms with Crippen molar-refractivity contribution < 1.29 is 4.74 Å². The van der Waals surface area contributed by atoms with Crippen LogP contribution in [0, 0.1) is 5.41 Å². The Morgan fingerprint density at radius 1 is 1.33 bits per heavy atom. The van der Waals surface area contributed by atoms with E-state index in [4.69, 9.17) is 4.74 Å². The number of rotatable bonds is 5. The van der Waals surface area contributed by atoms with E-state index in [1.807, 2.05) is 19.2 Å². The Hall–Kier alpha value is -0.500. The Balaban J connectivity index is 3.11. The summed E-state index contributed by atoms with van der Waals surface area (Å²) in [7, 11) is 0. The van der Waals surface area contributed by atoms with Gasteiger partial charge in [0.15, 0.2) is 0 Å². The number of hydrogen-bond donors (Lipinski definition) is 1. The molecule has 12 heavy (non-hydrogen) atoms. The van der Waals surface area contributed by atoms with E-state index in [2.05, 4.69) is 26.1 Å². The van der Waals surface area contributed by atoms with Crippen LogP contribution in [0.3, 0.4) is 0 Å². The Bertz CT molecular complexity index is 124. The van der Waals surface area contributed by atoms with Crippen molar-refractivity contribution >= 4 is 0 Å². The van der Waals surface area contributed by atoms with Crippen LogP contribution in [0.15, 0.2) is 12.3 Å². The van der Waals surface area contributed by atoms with Gasteiger partial charge < -0.3 is 10.1 Å². The topological polar surface area (TPSA) is 21.3 Å². The predicted molar refractivity (Wildman–Crippen MR) is 53.1 cm³/mol. The summed E-state index contributed by atoms with van der Waals surface area (Å²) in [5.74, 6) is 0. The average Bonchev–Trinajstić information content (AvgIpc) is 1.94. The minimum atomic E-state index is 0.278. The molecule has 2 nitrogen and oxygen atoms in total. The lowest BCUT2D eigenvalue weighted by Gasteiger charge is -2.17. The summed E-state index contributed by atoms with van der Waals surface area (Å²) in [6.07, 6.45) is 3.91. The summed E-state index contributed by atoms with van der Waals surface area (Å²) < 4.78 is 5.45. The summed E-state index contributed by atoms with van der Waals surface area (Å²) in [6, 6.07) is 0. The van der Waals surface area contributed by atoms with Crippen molar-refractivity contribution in [2.75, 3.05) is 19.8 Å². The molecule has 0 heterocycles. The molecule has 0 aliphatic rings. The molecule has 0 aliphatic carbocycles. The fourth-order valence-electron chi connectivity index (χ4n) is 0.711. The van der Waals surface area contributed by atoms with Gasteiger partial charge in [-0.3, -0.25) is 0 Å². The van der Waals surface area contributed by atoms with Crippen LogP contribution >= 0.6 is 0 Å². The van der Waals surface area contributed by atoms with Crippen molar-refractivity contribution in [2.45, 2.75) is 27.7 Å². The monoisotopic (exact) mass is 171 g/mol. The quantitative estimate of drug-likeness (QED) is 0.640. The zero-order chi connectivity index (χ0) is 9.45. The molecule has 0 saturated heterocycles. The molecule has 0 fully saturated rings. The normalized spacial score (nSPS) is 12.3. The molecule has 0 bridgehead atoms. The first kappa shape index (κ1) is 11.5. The number of allylic oxidation sites excluding steroid dienone is 1. The van der Waals surface area contributed by atoms with E-state index in [1.54, 1.807) is 0 Å². The molecular formula is C10H21NO. The molecule has 0 rings (SSSR count). The van der Waals surface area contributed by atoms with Crippen LogP contribution in [0.25, 0.3) is 0 Å². The Morgan fingerprint density at radius 2 is 2.00 bits per heavy atom. The van der Waals surface area contributed by atoms with Gasteiger partial charge in [0.05, 0.1) is 13.2 Å². The van der Waals surface area contributed by atoms with Crippen LogP contribution < -0.4 is 5.32 Å². The highest BCUT2D eigenvalue weighted by Crippen LogP contribution is 2.12. The van der Waals surface area contributed by atoms with Crippen LogP contribution in [0.4, 0.5) is 0 Å². The molecule has 0 atom stereocenters. The zero-order valence-corrected chi connectivity index (χ0v) is 8.68. The van der Waals surface area contributed by atoms with E-state index < -0.39 is 0 Å². The van der Waals surface area contributed by atoms with E-state index in [0.717, 1.165) is 19.8 Å². The first-order valence-electron chi connectivity index (χ1n) is 4.48. The Morgan fingerprint density at radius 3 is 2.50 bits per heavy atom. The molecule has 0 aliphatic heterocycles. The summed E-state index contributed by atoms with van der Waals surface area (Å²) >= 11 is 0. The summed E-state index contributed by atoms with van der Waals surface area (Å²) in [5.41, 5.74) is 0.278. The maximum Gasteiger partial charge on any atom is 0.0639 e. The van der Waals surface area contributed by atoms with Crippen molar-refractivity contribution in [3.8, 4) is 0 Å². The first-order chi connectivity index (χ1) is 5.56. The van der Waals surface area contributed by atoms with E-state index in [1.165, 1.54) is 0 Å². The molecule has 0 spiro atoms. The second kappa shape index (κ2) is 6.06. The van der Waals surface area contributed by atoms with Crippen molar-refractivity contribution in [3.63, 3.8) is 0 Å². The van der Waals surface area contributed by atoms with Crippen molar-refractivity contribution in [3.05, 3.63) is 12.3 Å². The van der Waals surface area contributed by atoms with Crippen molar-refractivity contribution in [1.82, 2.24) is 5.32 Å². The van der Waals surface area contributed by atoms with Crippen LogP contribution in [0.2, 0.25) is 0 Å². The molecule has 0 aromatic carbocycles. The van der Waals surface area contributed by atoms with Gasteiger partial charge in [-0.1, -0.05) is 26.8 Å². The molecule has 0 aromatic heterocycles. The average molecular weight is 171 g/mol. The number of ether oxygens (including phenoxy) is 1. The molecule has 1 N–H and O–H groups in total. The minimum Gasteiger partial charge on any atom is -0.389 e. The molecule has 2 heteroatoms. The van der Waals surface area contributed by atoms with Gasteiger partial charge in [0.2, 0.25) is 0 Å². The molecular weight excluding hydrogens is 150 g/mol. The Labute approximate surface area is 76.0 Å². The summed E-state index contributed by atoms with van der Waals surface area (Å²) in [6.45, 7) is 11.0. The number of nitrogens with one attached hydrogen (secondary N) is 1. The van der Waals surface area contributed by atoms with Gasteiger partial charge in [-0.15, -0.1) is 0 Å². The van der Waals surface area contributed by atoms with Crippen molar-refractivity contribution in [1.29, 1.82) is 0 Å². The van der Waals surface area contributed by atoms with E-state index in [0.29, 0.717) is 0 Å². The van der Waals surface area contributed by atoms with Crippen LogP contribution in [0.1, 0.15) is 27.7 Å². The van der Waals surface area contributed by atoms with E-state index in [9.17, 15) is 0 Å². The molecule has 0 unspecified atom stereocenters. The molecule has 0 aromatic rings. The van der Waals surface area contributed by atoms with Crippen LogP contribution in [0.5, 0.6) is 0 Å². The Kier molecular flexibility index (Phi) is 5.81. The van der Waals surface area contributed by atoms with Gasteiger partial charge in [-0.25, -0.2) is 0 Å². The lowest BCUT2D eigenvalue weighted by molar-refractivity contribution is 0.0743. The largest absolute Gasteiger partial charge is 0.389 e. The van der Waals surface area contributed by atoms with Gasteiger partial charge in [0, 0.05) is 6.54 Å². The lowest BCUT2D eigenvalue weighted by atomic mass is 9.99. The fraction of sp³-hybridized carbons (Fsp3) is 0.800. The van der Waals surface area contributed by atoms with Crippen molar-refractivity contribution in [2.24, 2.45) is 5.41 Å². The smallest absolute Gasteiger partial charge is 0.0639 e. The summed E-state index contributed by atoms with van der Waals surface area (Å²) in [5, 5.41) is 3.12.